The predicted octanol–water partition coefficient (Wildman–Crippen LogP) is 2.97. The molecule has 0 bridgehead atoms. The van der Waals surface area contributed by atoms with Gasteiger partial charge in [0.1, 0.15) is 0 Å². The molecule has 0 saturated heterocycles. The van der Waals surface area contributed by atoms with Crippen LogP contribution in [0.4, 0.5) is 0 Å². The Morgan fingerprint density at radius 3 is 2.89 bits per heavy atom. The fourth-order valence-corrected chi connectivity index (χ4v) is 1.94. The molecule has 94 valence electrons. The van der Waals surface area contributed by atoms with E-state index in [0.29, 0.717) is 5.56 Å². The Morgan fingerprint density at radius 1 is 1.44 bits per heavy atom. The van der Waals surface area contributed by atoms with Crippen LogP contribution < -0.4 is 0 Å². The van der Waals surface area contributed by atoms with Crippen LogP contribution in [0.5, 0.6) is 0 Å². The van der Waals surface area contributed by atoms with Gasteiger partial charge in [0, 0.05) is 18.3 Å². The van der Waals surface area contributed by atoms with Crippen molar-refractivity contribution in [2.45, 2.75) is 26.8 Å². The van der Waals surface area contributed by atoms with Gasteiger partial charge in [0.25, 0.3) is 0 Å². The van der Waals surface area contributed by atoms with Crippen molar-refractivity contribution in [1.29, 1.82) is 0 Å². The van der Waals surface area contributed by atoms with E-state index < -0.39 is 5.97 Å². The van der Waals surface area contributed by atoms with Crippen molar-refractivity contribution in [2.75, 3.05) is 0 Å². The molecule has 0 aliphatic rings. The molecule has 0 amide bonds. The molecule has 0 atom stereocenters. The molecule has 2 rings (SSSR count). The Hall–Kier alpha value is -2.10. The maximum atomic E-state index is 11.2. The Bertz CT molecular complexity index is 573. The number of aromatic carboxylic acids is 1. The first-order valence-corrected chi connectivity index (χ1v) is 5.98. The maximum absolute atomic E-state index is 11.2. The van der Waals surface area contributed by atoms with Crippen molar-refractivity contribution in [2.24, 2.45) is 0 Å². The summed E-state index contributed by atoms with van der Waals surface area (Å²) in [7, 11) is 0. The van der Waals surface area contributed by atoms with Gasteiger partial charge in [-0.3, -0.25) is 4.68 Å². The third kappa shape index (κ3) is 2.42. The minimum atomic E-state index is -0.909. The lowest BCUT2D eigenvalue weighted by atomic mass is 10.0. The number of carboxylic acids is 1. The fraction of sp³-hybridized carbons (Fsp3) is 0.286. The average Bonchev–Trinajstić information content (AvgIpc) is 2.77. The summed E-state index contributed by atoms with van der Waals surface area (Å²) in [5.41, 5.74) is 2.93. The number of carbonyl (C=O) groups is 1. The molecule has 0 aliphatic heterocycles. The van der Waals surface area contributed by atoms with Gasteiger partial charge >= 0.3 is 5.97 Å². The van der Waals surface area contributed by atoms with Gasteiger partial charge in [0.15, 0.2) is 0 Å². The van der Waals surface area contributed by atoms with E-state index in [1.807, 2.05) is 29.9 Å². The summed E-state index contributed by atoms with van der Waals surface area (Å²) in [4.78, 5) is 11.2. The molecule has 1 aromatic carbocycles. The van der Waals surface area contributed by atoms with Crippen molar-refractivity contribution >= 4 is 5.97 Å². The zero-order valence-electron chi connectivity index (χ0n) is 10.6. The second kappa shape index (κ2) is 5.04. The largest absolute Gasteiger partial charge is 0.478 e. The predicted molar refractivity (Wildman–Crippen MR) is 69.7 cm³/mol. The van der Waals surface area contributed by atoms with E-state index in [-0.39, 0.29) is 0 Å². The standard InChI is InChI=1S/C14H16N2O2/c1-3-6-16-9-11(8-15-16)13-7-10(2)4-5-12(13)14(17)18/h4-5,7-9H,3,6H2,1-2H3,(H,17,18). The molecule has 0 fully saturated rings. The summed E-state index contributed by atoms with van der Waals surface area (Å²) in [6.07, 6.45) is 4.61. The molecular weight excluding hydrogens is 228 g/mol. The topological polar surface area (TPSA) is 55.1 Å². The zero-order valence-corrected chi connectivity index (χ0v) is 10.6. The number of benzene rings is 1. The molecule has 0 radical (unpaired) electrons. The van der Waals surface area contributed by atoms with Crippen LogP contribution in [0.15, 0.2) is 30.6 Å². The van der Waals surface area contributed by atoms with Crippen LogP contribution in [0.25, 0.3) is 11.1 Å². The minimum Gasteiger partial charge on any atom is -0.478 e. The minimum absolute atomic E-state index is 0.316. The second-order valence-electron chi connectivity index (χ2n) is 4.35. The van der Waals surface area contributed by atoms with E-state index in [2.05, 4.69) is 12.0 Å². The third-order valence-electron chi connectivity index (χ3n) is 2.80. The highest BCUT2D eigenvalue weighted by Gasteiger charge is 2.13. The van der Waals surface area contributed by atoms with Crippen LogP contribution in [0.2, 0.25) is 0 Å². The van der Waals surface area contributed by atoms with E-state index in [4.69, 9.17) is 0 Å². The lowest BCUT2D eigenvalue weighted by Gasteiger charge is -2.05. The monoisotopic (exact) mass is 244 g/mol. The molecule has 2 aromatic rings. The van der Waals surface area contributed by atoms with Crippen LogP contribution >= 0.6 is 0 Å². The molecule has 1 heterocycles. The molecule has 18 heavy (non-hydrogen) atoms. The van der Waals surface area contributed by atoms with Crippen LogP contribution in [0, 0.1) is 6.92 Å². The molecule has 4 nitrogen and oxygen atoms in total. The zero-order chi connectivity index (χ0) is 13.1. The quantitative estimate of drug-likeness (QED) is 0.899. The molecule has 1 N–H and O–H groups in total. The van der Waals surface area contributed by atoms with Crippen molar-refractivity contribution in [3.63, 3.8) is 0 Å². The third-order valence-corrected chi connectivity index (χ3v) is 2.80. The van der Waals surface area contributed by atoms with Gasteiger partial charge in [0.05, 0.1) is 11.8 Å². The molecule has 0 aliphatic carbocycles. The number of nitrogens with zero attached hydrogens (tertiary/aromatic N) is 2. The first kappa shape index (κ1) is 12.4. The van der Waals surface area contributed by atoms with E-state index in [1.54, 1.807) is 12.3 Å². The summed E-state index contributed by atoms with van der Waals surface area (Å²) < 4.78 is 1.84. The van der Waals surface area contributed by atoms with Crippen LogP contribution in [-0.4, -0.2) is 20.9 Å². The summed E-state index contributed by atoms with van der Waals surface area (Å²) in [5, 5.41) is 13.4. The van der Waals surface area contributed by atoms with Crippen molar-refractivity contribution in [1.82, 2.24) is 9.78 Å². The molecule has 0 spiro atoms. The summed E-state index contributed by atoms with van der Waals surface area (Å²) in [5.74, 6) is -0.909. The maximum Gasteiger partial charge on any atom is 0.336 e. The highest BCUT2D eigenvalue weighted by molar-refractivity contribution is 5.96. The highest BCUT2D eigenvalue weighted by Crippen LogP contribution is 2.24. The molecule has 0 saturated carbocycles. The van der Waals surface area contributed by atoms with Crippen molar-refractivity contribution in [3.05, 3.63) is 41.7 Å². The van der Waals surface area contributed by atoms with Gasteiger partial charge in [-0.1, -0.05) is 24.6 Å². The molecule has 0 unspecified atom stereocenters. The number of carboxylic acid groups (broad SMARTS) is 1. The number of hydrogen-bond donors (Lipinski definition) is 1. The van der Waals surface area contributed by atoms with E-state index in [0.717, 1.165) is 29.7 Å². The van der Waals surface area contributed by atoms with Gasteiger partial charge in [-0.15, -0.1) is 0 Å². The van der Waals surface area contributed by atoms with E-state index >= 15 is 0 Å². The normalized spacial score (nSPS) is 10.6. The Kier molecular flexibility index (Phi) is 3.46. The van der Waals surface area contributed by atoms with Gasteiger partial charge in [-0.05, 0) is 25.0 Å². The van der Waals surface area contributed by atoms with Crippen LogP contribution in [-0.2, 0) is 6.54 Å². The van der Waals surface area contributed by atoms with Crippen LogP contribution in [0.1, 0.15) is 29.3 Å². The first-order chi connectivity index (χ1) is 8.61. The Morgan fingerprint density at radius 2 is 2.22 bits per heavy atom. The van der Waals surface area contributed by atoms with Gasteiger partial charge in [-0.25, -0.2) is 4.79 Å². The molecule has 4 heteroatoms. The fourth-order valence-electron chi connectivity index (χ4n) is 1.94. The lowest BCUT2D eigenvalue weighted by molar-refractivity contribution is 0.0697. The number of hydrogen-bond acceptors (Lipinski definition) is 2. The number of aromatic nitrogens is 2. The lowest BCUT2D eigenvalue weighted by Crippen LogP contribution is -1.99. The van der Waals surface area contributed by atoms with E-state index in [9.17, 15) is 9.90 Å². The molecular formula is C14H16N2O2. The second-order valence-corrected chi connectivity index (χ2v) is 4.35. The number of aryl methyl sites for hydroxylation is 2. The van der Waals surface area contributed by atoms with Gasteiger partial charge < -0.3 is 5.11 Å². The first-order valence-electron chi connectivity index (χ1n) is 5.98. The summed E-state index contributed by atoms with van der Waals surface area (Å²) in [6.45, 7) is 4.87. The summed E-state index contributed by atoms with van der Waals surface area (Å²) >= 11 is 0. The van der Waals surface area contributed by atoms with Gasteiger partial charge in [-0.2, -0.15) is 5.10 Å². The molecule has 1 aromatic heterocycles. The highest BCUT2D eigenvalue weighted by atomic mass is 16.4. The summed E-state index contributed by atoms with van der Waals surface area (Å²) in [6, 6.07) is 5.34. The smallest absolute Gasteiger partial charge is 0.336 e. The van der Waals surface area contributed by atoms with Crippen molar-refractivity contribution in [3.8, 4) is 11.1 Å². The average molecular weight is 244 g/mol. The van der Waals surface area contributed by atoms with E-state index in [1.165, 1.54) is 0 Å². The SMILES string of the molecule is CCCn1cc(-c2cc(C)ccc2C(=O)O)cn1. The number of rotatable bonds is 4. The van der Waals surface area contributed by atoms with Crippen LogP contribution in [0.3, 0.4) is 0 Å². The Labute approximate surface area is 106 Å². The van der Waals surface area contributed by atoms with Gasteiger partial charge in [0.2, 0.25) is 0 Å². The van der Waals surface area contributed by atoms with Crippen molar-refractivity contribution < 1.29 is 9.90 Å². The Balaban J connectivity index is 2.47.